The first-order valence-electron chi connectivity index (χ1n) is 13.8. The number of hydrogen-bond donors (Lipinski definition) is 4. The number of imide groups is 2. The second-order valence-electron chi connectivity index (χ2n) is 10.0. The van der Waals surface area contributed by atoms with Gasteiger partial charge in [-0.15, -0.1) is 0 Å². The molecule has 2 aliphatic heterocycles. The number of carbonyl (C=O) groups is 8. The van der Waals surface area contributed by atoms with Crippen LogP contribution in [0, 0.1) is 5.92 Å². The molecular weight excluding hydrogens is 588 g/mol. The van der Waals surface area contributed by atoms with Crippen LogP contribution in [0.3, 0.4) is 0 Å². The van der Waals surface area contributed by atoms with Crippen LogP contribution in [0.1, 0.15) is 45.4 Å². The highest BCUT2D eigenvalue weighted by Crippen LogP contribution is 2.24. The van der Waals surface area contributed by atoms with Gasteiger partial charge in [0.05, 0.1) is 10.5 Å². The molecule has 8 amide bonds. The summed E-state index contributed by atoms with van der Waals surface area (Å²) in [7, 11) is 0. The van der Waals surface area contributed by atoms with Gasteiger partial charge in [-0.1, -0.05) is 6.92 Å². The van der Waals surface area contributed by atoms with Crippen molar-refractivity contribution in [2.75, 3.05) is 51.8 Å². The molecule has 0 aliphatic carbocycles. The van der Waals surface area contributed by atoms with Crippen molar-refractivity contribution in [3.8, 4) is 0 Å². The summed E-state index contributed by atoms with van der Waals surface area (Å²) in [5.74, 6) is -2.54. The lowest BCUT2D eigenvalue weighted by Gasteiger charge is -2.15. The van der Waals surface area contributed by atoms with Gasteiger partial charge in [-0.05, 0) is 18.4 Å². The lowest BCUT2D eigenvalue weighted by molar-refractivity contribution is -0.140. The standard InChI is InChI=1S/C26H40N6O8S2/c1-16(12-21(35)29-8-6-27-19(33)4-10-31-23(37)14-17(41-2)25(31)39)13-22(36)30-9-7-28-20(34)5-11-32-24(38)15-18(42-3)26(32)40/h16-18H,4-15H2,1-3H3,(H,27,33)(H,28,34)(H,29,35)(H,30,36). The number of nitrogens with one attached hydrogen (secondary N) is 4. The van der Waals surface area contributed by atoms with Gasteiger partial charge in [0.1, 0.15) is 0 Å². The van der Waals surface area contributed by atoms with E-state index in [9.17, 15) is 38.4 Å². The second-order valence-corrected chi connectivity index (χ2v) is 12.1. The van der Waals surface area contributed by atoms with Crippen LogP contribution in [0.25, 0.3) is 0 Å². The number of amides is 8. The minimum Gasteiger partial charge on any atom is -0.354 e. The van der Waals surface area contributed by atoms with Crippen molar-refractivity contribution in [2.24, 2.45) is 5.92 Å². The molecule has 4 N–H and O–H groups in total. The first-order chi connectivity index (χ1) is 20.0. The van der Waals surface area contributed by atoms with Crippen molar-refractivity contribution >= 4 is 70.8 Å². The molecule has 2 unspecified atom stereocenters. The maximum atomic E-state index is 12.1. The normalized spacial score (nSPS) is 19.2. The van der Waals surface area contributed by atoms with E-state index in [1.807, 2.05) is 0 Å². The van der Waals surface area contributed by atoms with Crippen LogP contribution in [0.15, 0.2) is 0 Å². The van der Waals surface area contributed by atoms with E-state index in [0.717, 1.165) is 9.80 Å². The Labute approximate surface area is 253 Å². The average Bonchev–Trinajstić information content (AvgIpc) is 3.38. The number of carbonyl (C=O) groups excluding carboxylic acids is 8. The lowest BCUT2D eigenvalue weighted by Crippen LogP contribution is -2.39. The largest absolute Gasteiger partial charge is 0.354 e. The van der Waals surface area contributed by atoms with Crippen LogP contribution < -0.4 is 21.3 Å². The Bertz CT molecular complexity index is 978. The molecule has 2 rings (SSSR count). The second kappa shape index (κ2) is 17.7. The van der Waals surface area contributed by atoms with Crippen LogP contribution >= 0.6 is 23.5 Å². The van der Waals surface area contributed by atoms with Crippen LogP contribution in [0.5, 0.6) is 0 Å². The van der Waals surface area contributed by atoms with Gasteiger partial charge < -0.3 is 21.3 Å². The smallest absolute Gasteiger partial charge is 0.242 e. The third-order valence-corrected chi connectivity index (χ3v) is 8.58. The SMILES string of the molecule is CSC1CC(=O)N(CCC(=O)NCCNC(=O)CC(C)CC(=O)NCCNC(=O)CCN2C(=O)CC(SC)C2=O)C1=O. The average molecular weight is 629 g/mol. The highest BCUT2D eigenvalue weighted by Gasteiger charge is 2.38. The molecular formula is C26H40N6O8S2. The Balaban J connectivity index is 1.49. The van der Waals surface area contributed by atoms with Crippen molar-refractivity contribution in [3.05, 3.63) is 0 Å². The van der Waals surface area contributed by atoms with Crippen molar-refractivity contribution in [2.45, 2.75) is 55.9 Å². The molecule has 0 aromatic rings. The summed E-state index contributed by atoms with van der Waals surface area (Å²) < 4.78 is 0. The Morgan fingerprint density at radius 3 is 1.31 bits per heavy atom. The number of rotatable bonds is 18. The molecule has 16 heteroatoms. The van der Waals surface area contributed by atoms with E-state index in [1.165, 1.54) is 23.5 Å². The Morgan fingerprint density at radius 2 is 1.00 bits per heavy atom. The van der Waals surface area contributed by atoms with Crippen LogP contribution in [-0.2, 0) is 38.4 Å². The van der Waals surface area contributed by atoms with Crippen LogP contribution in [-0.4, -0.2) is 119 Å². The predicted molar refractivity (Wildman–Crippen MR) is 157 cm³/mol. The molecule has 0 aromatic heterocycles. The van der Waals surface area contributed by atoms with E-state index in [-0.39, 0.29) is 141 Å². The zero-order valence-corrected chi connectivity index (χ0v) is 25.8. The van der Waals surface area contributed by atoms with Crippen molar-refractivity contribution in [1.82, 2.24) is 31.1 Å². The maximum Gasteiger partial charge on any atom is 0.242 e. The molecule has 2 saturated heterocycles. The summed E-state index contributed by atoms with van der Waals surface area (Å²) in [5.41, 5.74) is 0. The van der Waals surface area contributed by atoms with Crippen LogP contribution in [0.4, 0.5) is 0 Å². The van der Waals surface area contributed by atoms with Crippen molar-refractivity contribution < 1.29 is 38.4 Å². The summed E-state index contributed by atoms with van der Waals surface area (Å²) in [5, 5.41) is 9.85. The Kier molecular flexibility index (Phi) is 14.8. The third-order valence-electron chi connectivity index (χ3n) is 6.71. The van der Waals surface area contributed by atoms with Gasteiger partial charge in [-0.2, -0.15) is 23.5 Å². The van der Waals surface area contributed by atoms with E-state index in [1.54, 1.807) is 19.4 Å². The molecule has 0 bridgehead atoms. The first-order valence-corrected chi connectivity index (χ1v) is 16.3. The van der Waals surface area contributed by atoms with E-state index < -0.39 is 0 Å². The fourth-order valence-electron chi connectivity index (χ4n) is 4.40. The van der Waals surface area contributed by atoms with Gasteiger partial charge >= 0.3 is 0 Å². The third kappa shape index (κ3) is 11.3. The lowest BCUT2D eigenvalue weighted by atomic mass is 10.0. The Morgan fingerprint density at radius 1 is 0.667 bits per heavy atom. The van der Waals surface area contributed by atoms with Gasteiger partial charge in [0.25, 0.3) is 0 Å². The van der Waals surface area contributed by atoms with Gasteiger partial charge in [-0.3, -0.25) is 48.2 Å². The molecule has 0 aromatic carbocycles. The molecule has 2 atom stereocenters. The minimum atomic E-state index is -0.385. The van der Waals surface area contributed by atoms with Crippen molar-refractivity contribution in [3.63, 3.8) is 0 Å². The predicted octanol–water partition coefficient (Wildman–Crippen LogP) is -1.37. The summed E-state index contributed by atoms with van der Waals surface area (Å²) >= 11 is 2.63. The molecule has 0 saturated carbocycles. The van der Waals surface area contributed by atoms with E-state index >= 15 is 0 Å². The number of likely N-dealkylation sites (tertiary alicyclic amines) is 2. The summed E-state index contributed by atoms with van der Waals surface area (Å²) in [6, 6.07) is 0. The highest BCUT2D eigenvalue weighted by molar-refractivity contribution is 8.00. The molecule has 2 aliphatic rings. The highest BCUT2D eigenvalue weighted by atomic mass is 32.2. The number of nitrogens with zero attached hydrogens (tertiary/aromatic N) is 2. The van der Waals surface area contributed by atoms with Crippen molar-refractivity contribution in [1.29, 1.82) is 0 Å². The summed E-state index contributed by atoms with van der Waals surface area (Å²) in [6.07, 6.45) is 4.02. The summed E-state index contributed by atoms with van der Waals surface area (Å²) in [6.45, 7) is 2.57. The zero-order valence-electron chi connectivity index (χ0n) is 24.2. The summed E-state index contributed by atoms with van der Waals surface area (Å²) in [4.78, 5) is 98.5. The molecule has 2 fully saturated rings. The quantitative estimate of drug-likeness (QED) is 0.104. The van der Waals surface area contributed by atoms with Gasteiger partial charge in [-0.25, -0.2) is 0 Å². The topological polar surface area (TPSA) is 191 Å². The number of hydrogen-bond acceptors (Lipinski definition) is 10. The number of thioether (sulfide) groups is 2. The van der Waals surface area contributed by atoms with E-state index in [2.05, 4.69) is 21.3 Å². The van der Waals surface area contributed by atoms with E-state index in [4.69, 9.17) is 0 Å². The molecule has 0 spiro atoms. The molecule has 42 heavy (non-hydrogen) atoms. The Hall–Kier alpha value is -3.14. The minimum absolute atomic E-state index is 0.0122. The molecule has 14 nitrogen and oxygen atoms in total. The van der Waals surface area contributed by atoms with E-state index in [0.29, 0.717) is 0 Å². The first kappa shape index (κ1) is 35.1. The molecule has 234 valence electrons. The zero-order chi connectivity index (χ0) is 31.2. The fourth-order valence-corrected chi connectivity index (χ4v) is 5.68. The fraction of sp³-hybridized carbons (Fsp3) is 0.692. The van der Waals surface area contributed by atoms with Crippen LogP contribution in [0.2, 0.25) is 0 Å². The monoisotopic (exact) mass is 628 g/mol. The molecule has 0 radical (unpaired) electrons. The van der Waals surface area contributed by atoms with Gasteiger partial charge in [0.2, 0.25) is 47.3 Å². The molecule has 2 heterocycles. The van der Waals surface area contributed by atoms with Gasteiger partial charge in [0, 0.05) is 77.8 Å². The van der Waals surface area contributed by atoms with Gasteiger partial charge in [0.15, 0.2) is 0 Å². The maximum absolute atomic E-state index is 12.1.